The summed E-state index contributed by atoms with van der Waals surface area (Å²) in [6, 6.07) is 17.4. The zero-order valence-electron chi connectivity index (χ0n) is 17.3. The third kappa shape index (κ3) is 4.61. The molecule has 0 unspecified atom stereocenters. The number of nitrogens with zero attached hydrogens (tertiary/aromatic N) is 1. The number of halogens is 1. The van der Waals surface area contributed by atoms with Crippen LogP contribution in [0.1, 0.15) is 36.0 Å². The summed E-state index contributed by atoms with van der Waals surface area (Å²) in [5.74, 6) is 0.410. The standard InChI is InChI=1S/C23H20ClN3O4S/c1-14(2)23-26-20-13-16(9-12-21(20)31-23)25-22(28)15-7-10-17(11-8-15)32(29,30)27-19-6-4-3-5-18(19)24/h3-14,27H,1-2H3,(H,25,28). The van der Waals surface area contributed by atoms with Gasteiger partial charge < -0.3 is 9.73 Å². The molecule has 0 spiro atoms. The highest BCUT2D eigenvalue weighted by atomic mass is 35.5. The number of aromatic nitrogens is 1. The van der Waals surface area contributed by atoms with Crippen molar-refractivity contribution in [2.24, 2.45) is 0 Å². The molecule has 3 aromatic carbocycles. The fourth-order valence-corrected chi connectivity index (χ4v) is 4.33. The quantitative estimate of drug-likeness (QED) is 0.379. The van der Waals surface area contributed by atoms with Gasteiger partial charge in [0.25, 0.3) is 15.9 Å². The number of oxazole rings is 1. The molecule has 7 nitrogen and oxygen atoms in total. The van der Waals surface area contributed by atoms with E-state index in [9.17, 15) is 13.2 Å². The van der Waals surface area contributed by atoms with Gasteiger partial charge in [-0.1, -0.05) is 37.6 Å². The van der Waals surface area contributed by atoms with Crippen LogP contribution in [0.15, 0.2) is 76.0 Å². The van der Waals surface area contributed by atoms with Crippen LogP contribution < -0.4 is 10.0 Å². The Kier molecular flexibility index (Phi) is 5.90. The van der Waals surface area contributed by atoms with Crippen LogP contribution >= 0.6 is 11.6 Å². The maximum Gasteiger partial charge on any atom is 0.261 e. The second-order valence-electron chi connectivity index (χ2n) is 7.45. The summed E-state index contributed by atoms with van der Waals surface area (Å²) < 4.78 is 33.3. The largest absolute Gasteiger partial charge is 0.440 e. The number of nitrogens with one attached hydrogen (secondary N) is 2. The number of fused-ring (bicyclic) bond motifs is 1. The Bertz CT molecular complexity index is 1400. The predicted octanol–water partition coefficient (Wildman–Crippen LogP) is 5.66. The molecule has 0 radical (unpaired) electrons. The number of benzene rings is 3. The second kappa shape index (κ2) is 8.64. The van der Waals surface area contributed by atoms with E-state index < -0.39 is 10.0 Å². The van der Waals surface area contributed by atoms with Crippen LogP contribution in [-0.2, 0) is 10.0 Å². The van der Waals surface area contributed by atoms with Gasteiger partial charge in [0.15, 0.2) is 11.5 Å². The van der Waals surface area contributed by atoms with E-state index >= 15 is 0 Å². The van der Waals surface area contributed by atoms with E-state index in [1.165, 1.54) is 24.3 Å². The van der Waals surface area contributed by atoms with E-state index in [1.807, 2.05) is 13.8 Å². The fraction of sp³-hybridized carbons (Fsp3) is 0.130. The van der Waals surface area contributed by atoms with Gasteiger partial charge >= 0.3 is 0 Å². The summed E-state index contributed by atoms with van der Waals surface area (Å²) in [6.07, 6.45) is 0. The molecule has 1 aromatic heterocycles. The zero-order chi connectivity index (χ0) is 22.9. The van der Waals surface area contributed by atoms with Crippen molar-refractivity contribution < 1.29 is 17.6 Å². The minimum atomic E-state index is -3.85. The Balaban J connectivity index is 1.49. The van der Waals surface area contributed by atoms with Gasteiger partial charge in [0.1, 0.15) is 5.52 Å². The fourth-order valence-electron chi connectivity index (χ4n) is 3.01. The molecule has 1 amide bonds. The predicted molar refractivity (Wildman–Crippen MR) is 125 cm³/mol. The highest BCUT2D eigenvalue weighted by Crippen LogP contribution is 2.25. The smallest absolute Gasteiger partial charge is 0.261 e. The first-order valence-electron chi connectivity index (χ1n) is 9.82. The molecule has 0 saturated heterocycles. The summed E-state index contributed by atoms with van der Waals surface area (Å²) in [5, 5.41) is 3.08. The molecule has 4 rings (SSSR count). The topological polar surface area (TPSA) is 101 Å². The average molecular weight is 470 g/mol. The van der Waals surface area contributed by atoms with Crippen molar-refractivity contribution in [3.8, 4) is 0 Å². The third-order valence-electron chi connectivity index (χ3n) is 4.70. The summed E-state index contributed by atoms with van der Waals surface area (Å²) in [4.78, 5) is 17.1. The lowest BCUT2D eigenvalue weighted by molar-refractivity contribution is 0.102. The van der Waals surface area contributed by atoms with E-state index in [1.54, 1.807) is 42.5 Å². The number of amides is 1. The summed E-state index contributed by atoms with van der Waals surface area (Å²) >= 11 is 6.02. The average Bonchev–Trinajstić information content (AvgIpc) is 3.19. The van der Waals surface area contributed by atoms with Gasteiger partial charge in [-0.3, -0.25) is 9.52 Å². The number of sulfonamides is 1. The first-order valence-corrected chi connectivity index (χ1v) is 11.7. The molecule has 4 aromatic rings. The zero-order valence-corrected chi connectivity index (χ0v) is 18.9. The first kappa shape index (κ1) is 21.9. The van der Waals surface area contributed by atoms with Crippen molar-refractivity contribution in [2.45, 2.75) is 24.7 Å². The molecule has 0 bridgehead atoms. The highest BCUT2D eigenvalue weighted by Gasteiger charge is 2.17. The first-order chi connectivity index (χ1) is 15.2. The molecule has 0 atom stereocenters. The number of hydrogen-bond donors (Lipinski definition) is 2. The summed E-state index contributed by atoms with van der Waals surface area (Å²) in [6.45, 7) is 3.97. The van der Waals surface area contributed by atoms with Crippen LogP contribution in [0.2, 0.25) is 5.02 Å². The van der Waals surface area contributed by atoms with Crippen LogP contribution in [0.3, 0.4) is 0 Å². The molecule has 2 N–H and O–H groups in total. The SMILES string of the molecule is CC(C)c1nc2cc(NC(=O)c3ccc(S(=O)(=O)Nc4ccccc4Cl)cc3)ccc2o1. The van der Waals surface area contributed by atoms with Crippen molar-refractivity contribution in [1.82, 2.24) is 4.98 Å². The normalized spacial score (nSPS) is 11.6. The molecule has 0 fully saturated rings. The molecular formula is C23H20ClN3O4S. The lowest BCUT2D eigenvalue weighted by atomic mass is 10.2. The van der Waals surface area contributed by atoms with Crippen molar-refractivity contribution >= 4 is 50.0 Å². The Morgan fingerprint density at radius 1 is 1.03 bits per heavy atom. The monoisotopic (exact) mass is 469 g/mol. The molecule has 164 valence electrons. The Morgan fingerprint density at radius 2 is 1.75 bits per heavy atom. The van der Waals surface area contributed by atoms with Crippen LogP contribution in [0.4, 0.5) is 11.4 Å². The summed E-state index contributed by atoms with van der Waals surface area (Å²) in [5.41, 5.74) is 2.44. The van der Waals surface area contributed by atoms with Gasteiger partial charge in [0.05, 0.1) is 15.6 Å². The number of anilines is 2. The van der Waals surface area contributed by atoms with Gasteiger partial charge in [0.2, 0.25) is 0 Å². The van der Waals surface area contributed by atoms with Crippen molar-refractivity contribution in [1.29, 1.82) is 0 Å². The van der Waals surface area contributed by atoms with Crippen LogP contribution in [-0.4, -0.2) is 19.3 Å². The van der Waals surface area contributed by atoms with Gasteiger partial charge in [0, 0.05) is 17.2 Å². The van der Waals surface area contributed by atoms with Crippen molar-refractivity contribution in [3.63, 3.8) is 0 Å². The van der Waals surface area contributed by atoms with Crippen molar-refractivity contribution in [2.75, 3.05) is 10.0 Å². The lowest BCUT2D eigenvalue weighted by Crippen LogP contribution is -2.15. The lowest BCUT2D eigenvalue weighted by Gasteiger charge is -2.10. The van der Waals surface area contributed by atoms with E-state index in [2.05, 4.69) is 15.0 Å². The molecule has 0 aliphatic carbocycles. The minimum Gasteiger partial charge on any atom is -0.440 e. The Hall–Kier alpha value is -3.36. The van der Waals surface area contributed by atoms with E-state index in [0.717, 1.165) is 0 Å². The van der Waals surface area contributed by atoms with Gasteiger partial charge in [-0.2, -0.15) is 0 Å². The molecule has 9 heteroatoms. The summed E-state index contributed by atoms with van der Waals surface area (Å²) in [7, 11) is -3.85. The number of hydrogen-bond acceptors (Lipinski definition) is 5. The molecule has 1 heterocycles. The maximum absolute atomic E-state index is 12.6. The molecule has 0 saturated carbocycles. The minimum absolute atomic E-state index is 0.0131. The molecule has 0 aliphatic heterocycles. The molecule has 0 aliphatic rings. The third-order valence-corrected chi connectivity index (χ3v) is 6.41. The Labute approximate surface area is 190 Å². The number of carbonyl (C=O) groups is 1. The molecule has 32 heavy (non-hydrogen) atoms. The Morgan fingerprint density at radius 3 is 2.44 bits per heavy atom. The van der Waals surface area contributed by atoms with Gasteiger partial charge in [-0.15, -0.1) is 0 Å². The van der Waals surface area contributed by atoms with Crippen molar-refractivity contribution in [3.05, 3.63) is 83.2 Å². The van der Waals surface area contributed by atoms with Crippen LogP contribution in [0, 0.1) is 0 Å². The van der Waals surface area contributed by atoms with Gasteiger partial charge in [-0.05, 0) is 54.6 Å². The van der Waals surface area contributed by atoms with Crippen LogP contribution in [0.25, 0.3) is 11.1 Å². The highest BCUT2D eigenvalue weighted by molar-refractivity contribution is 7.92. The number of para-hydroxylation sites is 1. The van der Waals surface area contributed by atoms with E-state index in [4.69, 9.17) is 16.0 Å². The van der Waals surface area contributed by atoms with Crippen LogP contribution in [0.5, 0.6) is 0 Å². The van der Waals surface area contributed by atoms with E-state index in [-0.39, 0.29) is 27.4 Å². The number of carbonyl (C=O) groups excluding carboxylic acids is 1. The number of rotatable bonds is 6. The maximum atomic E-state index is 12.6. The van der Waals surface area contributed by atoms with E-state index in [0.29, 0.717) is 28.2 Å². The van der Waals surface area contributed by atoms with Gasteiger partial charge in [-0.25, -0.2) is 13.4 Å². The molecular weight excluding hydrogens is 450 g/mol. The second-order valence-corrected chi connectivity index (χ2v) is 9.54.